The van der Waals surface area contributed by atoms with Gasteiger partial charge in [-0.1, -0.05) is 47.8 Å². The molecule has 0 fully saturated rings. The molecule has 0 saturated heterocycles. The summed E-state index contributed by atoms with van der Waals surface area (Å²) in [6, 6.07) is 0. The first-order valence-electron chi connectivity index (χ1n) is 2.30. The summed E-state index contributed by atoms with van der Waals surface area (Å²) in [4.78, 5) is -2.73. The maximum Gasteiger partial charge on any atom is 0.310 e. The predicted molar refractivity (Wildman–Crippen MR) is 55.3 cm³/mol. The number of rotatable bonds is 2. The van der Waals surface area contributed by atoms with Gasteiger partial charge in [-0.25, -0.2) is 4.39 Å². The van der Waals surface area contributed by atoms with E-state index >= 15 is 0 Å². The first kappa shape index (κ1) is 15.2. The Morgan fingerprint density at radius 2 is 1.45 bits per heavy atom. The second kappa shape index (κ2) is 8.31. The molecular weight excluding hydrogens is 425 g/mol. The molecular formula is C4H5Br4F3. The summed E-state index contributed by atoms with van der Waals surface area (Å²) >= 11 is 10.2. The Kier molecular flexibility index (Phi) is 11.5. The molecule has 0 aliphatic rings. The van der Waals surface area contributed by atoms with Crippen molar-refractivity contribution in [1.29, 1.82) is 0 Å². The monoisotopic (exact) mass is 426 g/mol. The fourth-order valence-electron chi connectivity index (χ4n) is 0. The second-order valence-corrected chi connectivity index (χ2v) is 4.66. The minimum Gasteiger partial charge on any atom is -0.234 e. The van der Waals surface area contributed by atoms with E-state index < -0.39 is 9.91 Å². The van der Waals surface area contributed by atoms with Crippen LogP contribution < -0.4 is 0 Å². The highest BCUT2D eigenvalue weighted by Gasteiger charge is 2.20. The van der Waals surface area contributed by atoms with E-state index in [0.717, 1.165) is 0 Å². The Bertz CT molecular complexity index is 81.9. The maximum absolute atomic E-state index is 11.3. The molecule has 11 heavy (non-hydrogen) atoms. The van der Waals surface area contributed by atoms with Gasteiger partial charge in [-0.05, 0) is 15.9 Å². The highest BCUT2D eigenvalue weighted by Crippen LogP contribution is 2.22. The molecule has 0 heterocycles. The highest BCUT2D eigenvalue weighted by molar-refractivity contribution is 9.12. The zero-order chi connectivity index (χ0) is 9.49. The second-order valence-electron chi connectivity index (χ2n) is 1.29. The molecule has 7 heteroatoms. The average molecular weight is 430 g/mol. The topological polar surface area (TPSA) is 0 Å². The lowest BCUT2D eigenvalue weighted by molar-refractivity contribution is 0.145. The summed E-state index contributed by atoms with van der Waals surface area (Å²) in [6.45, 7) is 0. The molecule has 0 aliphatic carbocycles. The summed E-state index contributed by atoms with van der Waals surface area (Å²) in [6.07, 6.45) is 0. The van der Waals surface area contributed by atoms with Crippen molar-refractivity contribution in [2.45, 2.75) is 9.91 Å². The van der Waals surface area contributed by atoms with E-state index in [9.17, 15) is 13.2 Å². The zero-order valence-corrected chi connectivity index (χ0v) is 11.5. The number of halogens is 7. The Labute approximate surface area is 96.8 Å². The van der Waals surface area contributed by atoms with Crippen molar-refractivity contribution in [3.63, 3.8) is 0 Å². The van der Waals surface area contributed by atoms with Gasteiger partial charge in [0.25, 0.3) is 0 Å². The van der Waals surface area contributed by atoms with Gasteiger partial charge in [0.15, 0.2) is 5.08 Å². The van der Waals surface area contributed by atoms with Crippen molar-refractivity contribution in [3.8, 4) is 0 Å². The van der Waals surface area contributed by atoms with E-state index in [1.165, 1.54) is 0 Å². The van der Waals surface area contributed by atoms with Crippen molar-refractivity contribution in [2.24, 2.45) is 0 Å². The Morgan fingerprint density at radius 1 is 1.27 bits per heavy atom. The van der Waals surface area contributed by atoms with Gasteiger partial charge in [0, 0.05) is 5.33 Å². The molecule has 1 unspecified atom stereocenters. The van der Waals surface area contributed by atoms with E-state index in [1.807, 2.05) is 0 Å². The molecule has 0 radical (unpaired) electrons. The van der Waals surface area contributed by atoms with Crippen LogP contribution in [0.4, 0.5) is 13.2 Å². The van der Waals surface area contributed by atoms with E-state index in [4.69, 9.17) is 0 Å². The smallest absolute Gasteiger partial charge is 0.234 e. The SMILES string of the molecule is FC(Br)CBr.FC(F)(Br)CBr. The van der Waals surface area contributed by atoms with Crippen LogP contribution in [0.3, 0.4) is 0 Å². The van der Waals surface area contributed by atoms with Gasteiger partial charge in [0.1, 0.15) is 0 Å². The predicted octanol–water partition coefficient (Wildman–Crippen LogP) is 4.44. The van der Waals surface area contributed by atoms with Crippen LogP contribution in [0.25, 0.3) is 0 Å². The van der Waals surface area contributed by atoms with Crippen LogP contribution in [0.1, 0.15) is 0 Å². The van der Waals surface area contributed by atoms with Crippen molar-refractivity contribution in [3.05, 3.63) is 0 Å². The third-order valence-corrected chi connectivity index (χ3v) is 3.77. The van der Waals surface area contributed by atoms with Crippen molar-refractivity contribution < 1.29 is 13.2 Å². The van der Waals surface area contributed by atoms with Crippen molar-refractivity contribution in [1.82, 2.24) is 0 Å². The minimum absolute atomic E-state index is 0.333. The number of hydrogen-bond donors (Lipinski definition) is 0. The fourth-order valence-corrected chi connectivity index (χ4v) is 0. The minimum atomic E-state index is -2.73. The zero-order valence-electron chi connectivity index (χ0n) is 5.14. The number of alkyl halides is 7. The molecule has 0 aliphatic heterocycles. The molecule has 0 bridgehead atoms. The van der Waals surface area contributed by atoms with Gasteiger partial charge in [-0.2, -0.15) is 8.78 Å². The lowest BCUT2D eigenvalue weighted by Crippen LogP contribution is -2.04. The van der Waals surface area contributed by atoms with Crippen LogP contribution in [0.2, 0.25) is 0 Å². The average Bonchev–Trinajstić information content (AvgIpc) is 1.88. The Balaban J connectivity index is 0. The van der Waals surface area contributed by atoms with Crippen LogP contribution in [0, 0.1) is 0 Å². The van der Waals surface area contributed by atoms with E-state index in [-0.39, 0.29) is 5.33 Å². The lowest BCUT2D eigenvalue weighted by atomic mass is 10.9. The normalized spacial score (nSPS) is 13.4. The quantitative estimate of drug-likeness (QED) is 0.569. The molecule has 0 nitrogen and oxygen atoms in total. The lowest BCUT2D eigenvalue weighted by Gasteiger charge is -1.97. The third kappa shape index (κ3) is 24.5. The standard InChI is InChI=1S/C2H2Br2F2.C2H3Br2F/c3-1-2(4,5)6;3-1-2(4)5/h1H2;2H,1H2. The van der Waals surface area contributed by atoms with Crippen LogP contribution in [0.15, 0.2) is 0 Å². The fraction of sp³-hybridized carbons (Fsp3) is 1.00. The van der Waals surface area contributed by atoms with Gasteiger partial charge in [0.05, 0.1) is 5.33 Å². The van der Waals surface area contributed by atoms with Crippen LogP contribution in [-0.2, 0) is 0 Å². The molecule has 70 valence electrons. The molecule has 0 rings (SSSR count). The summed E-state index contributed by atoms with van der Waals surface area (Å²) in [5.41, 5.74) is 0. The van der Waals surface area contributed by atoms with E-state index in [0.29, 0.717) is 5.33 Å². The largest absolute Gasteiger partial charge is 0.310 e. The Morgan fingerprint density at radius 3 is 1.45 bits per heavy atom. The van der Waals surface area contributed by atoms with Crippen LogP contribution >= 0.6 is 63.7 Å². The summed E-state index contributed by atoms with van der Waals surface area (Å²) in [5, 5.41) is -0.852. The highest BCUT2D eigenvalue weighted by atomic mass is 79.9. The van der Waals surface area contributed by atoms with Gasteiger partial charge in [-0.15, -0.1) is 0 Å². The van der Waals surface area contributed by atoms with Crippen molar-refractivity contribution in [2.75, 3.05) is 10.7 Å². The van der Waals surface area contributed by atoms with Gasteiger partial charge in [0.2, 0.25) is 0 Å². The van der Waals surface area contributed by atoms with E-state index in [2.05, 4.69) is 63.7 Å². The summed E-state index contributed by atoms with van der Waals surface area (Å²) in [5.74, 6) is 0. The third-order valence-electron chi connectivity index (χ3n) is 0.268. The first-order chi connectivity index (χ1) is 4.83. The van der Waals surface area contributed by atoms with Gasteiger partial charge in [-0.3, -0.25) is 0 Å². The maximum atomic E-state index is 11.3. The summed E-state index contributed by atoms with van der Waals surface area (Å²) in [7, 11) is 0. The molecule has 0 aromatic heterocycles. The molecule has 0 saturated carbocycles. The molecule has 0 spiro atoms. The molecule has 0 aromatic rings. The van der Waals surface area contributed by atoms with Gasteiger partial charge >= 0.3 is 4.83 Å². The number of hydrogen-bond acceptors (Lipinski definition) is 0. The van der Waals surface area contributed by atoms with Crippen LogP contribution in [0.5, 0.6) is 0 Å². The van der Waals surface area contributed by atoms with E-state index in [1.54, 1.807) is 0 Å². The molecule has 0 amide bonds. The first-order valence-corrected chi connectivity index (χ1v) is 6.25. The summed E-state index contributed by atoms with van der Waals surface area (Å²) < 4.78 is 33.9. The van der Waals surface area contributed by atoms with Gasteiger partial charge < -0.3 is 0 Å². The molecule has 1 atom stereocenters. The van der Waals surface area contributed by atoms with Crippen molar-refractivity contribution >= 4 is 63.7 Å². The molecule has 0 N–H and O–H groups in total. The van der Waals surface area contributed by atoms with Crippen LogP contribution in [-0.4, -0.2) is 20.6 Å². The molecule has 0 aromatic carbocycles. The Hall–Kier alpha value is 1.71.